The van der Waals surface area contributed by atoms with Gasteiger partial charge in [0.05, 0.1) is 18.0 Å². The maximum absolute atomic E-state index is 13.2. The van der Waals surface area contributed by atoms with Gasteiger partial charge in [-0.15, -0.1) is 11.3 Å². The van der Waals surface area contributed by atoms with Crippen LogP contribution in [0, 0.1) is 5.92 Å². The molecule has 0 spiro atoms. The van der Waals surface area contributed by atoms with Crippen LogP contribution in [-0.2, 0) is 16.0 Å². The van der Waals surface area contributed by atoms with Crippen LogP contribution in [0.15, 0.2) is 76.8 Å². The summed E-state index contributed by atoms with van der Waals surface area (Å²) < 4.78 is 0. The average molecular weight is 463 g/mol. The molecule has 0 fully saturated rings. The van der Waals surface area contributed by atoms with Gasteiger partial charge in [0.1, 0.15) is 0 Å². The summed E-state index contributed by atoms with van der Waals surface area (Å²) in [4.78, 5) is 30.8. The van der Waals surface area contributed by atoms with E-state index in [4.69, 9.17) is 4.98 Å². The highest BCUT2D eigenvalue weighted by atomic mass is 32.1. The van der Waals surface area contributed by atoms with Gasteiger partial charge in [-0.1, -0.05) is 54.6 Å². The summed E-state index contributed by atoms with van der Waals surface area (Å²) in [6.45, 7) is 0. The van der Waals surface area contributed by atoms with Gasteiger partial charge in [0, 0.05) is 18.0 Å². The second-order valence-electron chi connectivity index (χ2n) is 7.45. The molecule has 0 aliphatic carbocycles. The van der Waals surface area contributed by atoms with Crippen molar-refractivity contribution in [1.29, 1.82) is 0 Å². The highest BCUT2D eigenvalue weighted by molar-refractivity contribution is 7.14. The monoisotopic (exact) mass is 462 g/mol. The highest BCUT2D eigenvalue weighted by Gasteiger charge is 2.27. The van der Waals surface area contributed by atoms with Crippen LogP contribution in [0.2, 0.25) is 0 Å². The van der Waals surface area contributed by atoms with Gasteiger partial charge in [0.2, 0.25) is 5.91 Å². The van der Waals surface area contributed by atoms with E-state index in [0.29, 0.717) is 11.6 Å². The number of hydrogen-bond acceptors (Lipinski definition) is 5. The number of thiophene rings is 1. The first-order valence-electron chi connectivity index (χ1n) is 10.1. The van der Waals surface area contributed by atoms with Crippen LogP contribution in [0.5, 0.6) is 0 Å². The molecular formula is C25H22N2O3S2. The molecule has 162 valence electrons. The fourth-order valence-corrected chi connectivity index (χ4v) is 5.09. The lowest BCUT2D eigenvalue weighted by atomic mass is 9.95. The Labute approximate surface area is 194 Å². The van der Waals surface area contributed by atoms with E-state index in [1.165, 1.54) is 16.2 Å². The first-order chi connectivity index (χ1) is 15.5. The number of carboxylic acids is 1. The molecule has 1 unspecified atom stereocenters. The van der Waals surface area contributed by atoms with Crippen molar-refractivity contribution in [3.05, 3.63) is 82.4 Å². The number of amides is 1. The second kappa shape index (κ2) is 9.89. The van der Waals surface area contributed by atoms with Gasteiger partial charge in [0.15, 0.2) is 5.13 Å². The fraction of sp³-hybridized carbons (Fsp3) is 0.160. The summed E-state index contributed by atoms with van der Waals surface area (Å²) in [6.07, 6.45) is 0.146. The van der Waals surface area contributed by atoms with Crippen LogP contribution in [0.1, 0.15) is 12.0 Å². The van der Waals surface area contributed by atoms with Crippen molar-refractivity contribution in [2.75, 3.05) is 11.9 Å². The molecule has 7 heteroatoms. The van der Waals surface area contributed by atoms with Gasteiger partial charge in [-0.05, 0) is 39.9 Å². The smallest absolute Gasteiger partial charge is 0.304 e. The molecule has 0 saturated heterocycles. The summed E-state index contributed by atoms with van der Waals surface area (Å²) in [7, 11) is 1.66. The molecule has 0 radical (unpaired) electrons. The van der Waals surface area contributed by atoms with Crippen LogP contribution < -0.4 is 4.90 Å². The molecule has 1 atom stereocenters. The Kier molecular flexibility index (Phi) is 6.78. The Bertz CT molecular complexity index is 1200. The van der Waals surface area contributed by atoms with Crippen LogP contribution >= 0.6 is 22.7 Å². The average Bonchev–Trinajstić information content (AvgIpc) is 3.50. The van der Waals surface area contributed by atoms with E-state index >= 15 is 0 Å². The molecular weight excluding hydrogens is 440 g/mol. The van der Waals surface area contributed by atoms with Crippen molar-refractivity contribution < 1.29 is 14.7 Å². The summed E-state index contributed by atoms with van der Waals surface area (Å²) in [5.74, 6) is -1.90. The number of thiazole rings is 1. The number of nitrogens with zero attached hydrogens (tertiary/aromatic N) is 2. The van der Waals surface area contributed by atoms with E-state index in [2.05, 4.69) is 17.5 Å². The van der Waals surface area contributed by atoms with E-state index in [9.17, 15) is 14.7 Å². The zero-order chi connectivity index (χ0) is 22.5. The molecule has 4 aromatic rings. The number of carbonyl (C=O) groups excluding carboxylic acids is 1. The number of carboxylic acid groups (broad SMARTS) is 1. The Morgan fingerprint density at radius 1 is 1.00 bits per heavy atom. The maximum Gasteiger partial charge on any atom is 0.304 e. The third-order valence-electron chi connectivity index (χ3n) is 5.24. The van der Waals surface area contributed by atoms with E-state index in [-0.39, 0.29) is 12.3 Å². The number of carbonyl (C=O) groups is 2. The molecule has 2 aromatic carbocycles. The molecule has 2 aromatic heterocycles. The predicted molar refractivity (Wildman–Crippen MR) is 130 cm³/mol. The van der Waals surface area contributed by atoms with Gasteiger partial charge in [-0.3, -0.25) is 14.5 Å². The quantitative estimate of drug-likeness (QED) is 0.357. The van der Waals surface area contributed by atoms with Crippen LogP contribution in [0.25, 0.3) is 22.4 Å². The Balaban J connectivity index is 1.58. The lowest BCUT2D eigenvalue weighted by Crippen LogP contribution is -2.35. The van der Waals surface area contributed by atoms with Crippen molar-refractivity contribution in [3.63, 3.8) is 0 Å². The lowest BCUT2D eigenvalue weighted by molar-refractivity contribution is -0.140. The lowest BCUT2D eigenvalue weighted by Gasteiger charge is -2.21. The summed E-state index contributed by atoms with van der Waals surface area (Å²) in [6, 6.07) is 19.6. The van der Waals surface area contributed by atoms with Crippen LogP contribution in [0.3, 0.4) is 0 Å². The molecule has 5 nitrogen and oxygen atoms in total. The first-order valence-corrected chi connectivity index (χ1v) is 12.0. The fourth-order valence-electron chi connectivity index (χ4n) is 3.64. The zero-order valence-corrected chi connectivity index (χ0v) is 19.1. The summed E-state index contributed by atoms with van der Waals surface area (Å²) in [5, 5.41) is 16.0. The van der Waals surface area contributed by atoms with Crippen molar-refractivity contribution >= 4 is 39.7 Å². The van der Waals surface area contributed by atoms with Crippen LogP contribution in [0.4, 0.5) is 5.13 Å². The molecule has 4 rings (SSSR count). The SMILES string of the molecule is CN(C(=O)C(CC(=O)O)Cc1ccccc1)c1nc(-c2ccccc2-c2ccsc2)cs1. The van der Waals surface area contributed by atoms with Gasteiger partial charge < -0.3 is 5.11 Å². The largest absolute Gasteiger partial charge is 0.481 e. The minimum absolute atomic E-state index is 0.225. The first kappa shape index (κ1) is 21.9. The van der Waals surface area contributed by atoms with Gasteiger partial charge in [-0.25, -0.2) is 4.98 Å². The van der Waals surface area contributed by atoms with Crippen molar-refractivity contribution in [2.24, 2.45) is 5.92 Å². The van der Waals surface area contributed by atoms with Crippen molar-refractivity contribution in [3.8, 4) is 22.4 Å². The van der Waals surface area contributed by atoms with E-state index in [0.717, 1.165) is 27.9 Å². The molecule has 0 aliphatic heterocycles. The Morgan fingerprint density at radius 3 is 2.41 bits per heavy atom. The number of aliphatic carboxylic acids is 1. The molecule has 1 amide bonds. The third-order valence-corrected chi connectivity index (χ3v) is 6.84. The zero-order valence-electron chi connectivity index (χ0n) is 17.5. The van der Waals surface area contributed by atoms with Crippen molar-refractivity contribution in [2.45, 2.75) is 12.8 Å². The normalized spacial score (nSPS) is 11.8. The predicted octanol–water partition coefficient (Wildman–Crippen LogP) is 5.84. The molecule has 0 aliphatic rings. The maximum atomic E-state index is 13.2. The van der Waals surface area contributed by atoms with E-state index in [1.807, 2.05) is 59.3 Å². The van der Waals surface area contributed by atoms with Gasteiger partial charge in [0.25, 0.3) is 0 Å². The number of aromatic nitrogens is 1. The highest BCUT2D eigenvalue weighted by Crippen LogP contribution is 2.35. The molecule has 0 saturated carbocycles. The second-order valence-corrected chi connectivity index (χ2v) is 9.07. The molecule has 1 N–H and O–H groups in total. The van der Waals surface area contributed by atoms with Crippen molar-refractivity contribution in [1.82, 2.24) is 4.98 Å². The van der Waals surface area contributed by atoms with Crippen LogP contribution in [-0.4, -0.2) is 29.0 Å². The van der Waals surface area contributed by atoms with Gasteiger partial charge in [-0.2, -0.15) is 11.3 Å². The Hall–Kier alpha value is -3.29. The van der Waals surface area contributed by atoms with E-state index in [1.54, 1.807) is 18.4 Å². The van der Waals surface area contributed by atoms with Gasteiger partial charge >= 0.3 is 5.97 Å². The summed E-state index contributed by atoms with van der Waals surface area (Å²) in [5.41, 5.74) is 4.95. The minimum atomic E-state index is -0.989. The number of benzene rings is 2. The molecule has 32 heavy (non-hydrogen) atoms. The topological polar surface area (TPSA) is 70.5 Å². The van der Waals surface area contributed by atoms with E-state index < -0.39 is 11.9 Å². The minimum Gasteiger partial charge on any atom is -0.481 e. The number of rotatable bonds is 8. The molecule has 0 bridgehead atoms. The Morgan fingerprint density at radius 2 is 1.72 bits per heavy atom. The summed E-state index contributed by atoms with van der Waals surface area (Å²) >= 11 is 3.02. The number of hydrogen-bond donors (Lipinski definition) is 1. The molecule has 2 heterocycles. The number of anilines is 1. The standard InChI is InChI=1S/C25H22N2O3S2/c1-27(24(30)19(14-23(28)29)13-17-7-3-2-4-8-17)25-26-22(16-32-25)21-10-6-5-9-20(21)18-11-12-31-15-18/h2-12,15-16,19H,13-14H2,1H3,(H,28,29). The third kappa shape index (κ3) is 4.95.